The Labute approximate surface area is 255 Å². The maximum absolute atomic E-state index is 14.2. The zero-order valence-corrected chi connectivity index (χ0v) is 24.5. The minimum absolute atomic E-state index is 0.0645. The van der Waals surface area contributed by atoms with Crippen LogP contribution in [-0.4, -0.2) is 32.8 Å². The van der Waals surface area contributed by atoms with E-state index in [2.05, 4.69) is 5.32 Å². The zero-order valence-electron chi connectivity index (χ0n) is 23.6. The van der Waals surface area contributed by atoms with E-state index in [4.69, 9.17) is 0 Å². The Morgan fingerprint density at radius 3 is 1.75 bits per heavy atom. The predicted molar refractivity (Wildman–Crippen MR) is 172 cm³/mol. The minimum Gasteiger partial charge on any atom is -0.478 e. The monoisotopic (exact) mass is 606 g/mol. The zero-order chi connectivity index (χ0) is 31.1. The van der Waals surface area contributed by atoms with Gasteiger partial charge in [-0.25, -0.2) is 4.79 Å². The van der Waals surface area contributed by atoms with Gasteiger partial charge in [0.25, 0.3) is 0 Å². The number of rotatable bonds is 11. The van der Waals surface area contributed by atoms with Crippen molar-refractivity contribution < 1.29 is 29.0 Å². The van der Waals surface area contributed by atoms with Crippen LogP contribution in [0.25, 0.3) is 11.1 Å². The molecule has 0 radical (unpaired) electrons. The third kappa shape index (κ3) is 7.30. The maximum Gasteiger partial charge on any atom is 0.352 e. The van der Waals surface area contributed by atoms with Crippen LogP contribution in [0.3, 0.4) is 0 Å². The molecule has 4 N–H and O–H groups in total. The van der Waals surface area contributed by atoms with Crippen molar-refractivity contribution in [2.75, 3.05) is 10.2 Å². The molecular formula is C35H31N2O6P. The highest BCUT2D eigenvalue weighted by molar-refractivity contribution is 7.52. The lowest BCUT2D eigenvalue weighted by Gasteiger charge is -2.39. The summed E-state index contributed by atoms with van der Waals surface area (Å²) in [5.74, 6) is -3.08. The summed E-state index contributed by atoms with van der Waals surface area (Å²) < 4.78 is 13.3. The predicted octanol–water partition coefficient (Wildman–Crippen LogP) is 6.98. The molecule has 0 aliphatic rings. The summed E-state index contributed by atoms with van der Waals surface area (Å²) in [6, 6.07) is 39.3. The molecule has 0 bridgehead atoms. The molecule has 0 fully saturated rings. The number of benzene rings is 5. The number of nitrogens with one attached hydrogen (secondary N) is 1. The van der Waals surface area contributed by atoms with E-state index < -0.39 is 31.3 Å². The van der Waals surface area contributed by atoms with E-state index in [1.165, 1.54) is 29.2 Å². The number of amides is 1. The Bertz CT molecular complexity index is 1740. The molecule has 0 spiro atoms. The number of hydrogen-bond acceptors (Lipinski definition) is 4. The highest BCUT2D eigenvalue weighted by Crippen LogP contribution is 2.55. The van der Waals surface area contributed by atoms with Crippen LogP contribution in [-0.2, 0) is 15.8 Å². The minimum atomic E-state index is -4.88. The van der Waals surface area contributed by atoms with Crippen molar-refractivity contribution >= 4 is 30.8 Å². The molecule has 1 unspecified atom stereocenters. The fraction of sp³-hybridized carbons (Fsp3) is 0.0857. The average molecular weight is 607 g/mol. The van der Waals surface area contributed by atoms with E-state index in [1.54, 1.807) is 60.7 Å². The first-order valence-electron chi connectivity index (χ1n) is 13.9. The highest BCUT2D eigenvalue weighted by Gasteiger charge is 2.42. The third-order valence-electron chi connectivity index (χ3n) is 7.26. The average Bonchev–Trinajstić information content (AvgIpc) is 3.04. The maximum atomic E-state index is 14.2. The van der Waals surface area contributed by atoms with Gasteiger partial charge in [-0.3, -0.25) is 9.36 Å². The van der Waals surface area contributed by atoms with E-state index in [0.717, 1.165) is 16.7 Å². The number of carbonyl (C=O) groups excluding carboxylic acids is 1. The van der Waals surface area contributed by atoms with Crippen molar-refractivity contribution in [2.45, 2.75) is 18.2 Å². The molecule has 0 saturated heterocycles. The summed E-state index contributed by atoms with van der Waals surface area (Å²) in [4.78, 5) is 48.6. The molecule has 5 aromatic carbocycles. The Morgan fingerprint density at radius 2 is 1.20 bits per heavy atom. The first kappa shape index (κ1) is 30.4. The van der Waals surface area contributed by atoms with Gasteiger partial charge in [-0.1, -0.05) is 103 Å². The Hall–Kier alpha value is -5.01. The molecular weight excluding hydrogens is 575 g/mol. The number of carboxylic acid groups (broad SMARTS) is 1. The second-order valence-electron chi connectivity index (χ2n) is 10.3. The fourth-order valence-electron chi connectivity index (χ4n) is 5.16. The summed E-state index contributed by atoms with van der Waals surface area (Å²) in [5, 5.41) is 12.1. The van der Waals surface area contributed by atoms with Crippen LogP contribution >= 0.6 is 7.60 Å². The largest absolute Gasteiger partial charge is 0.478 e. The highest BCUT2D eigenvalue weighted by atomic mass is 31.2. The van der Waals surface area contributed by atoms with Gasteiger partial charge in [0.15, 0.2) is 5.78 Å². The van der Waals surface area contributed by atoms with E-state index in [-0.39, 0.29) is 12.0 Å². The number of nitrogens with zero attached hydrogens (tertiary/aromatic N) is 1. The molecule has 5 rings (SSSR count). The van der Waals surface area contributed by atoms with Gasteiger partial charge in [-0.2, -0.15) is 0 Å². The van der Waals surface area contributed by atoms with Crippen LogP contribution < -0.4 is 10.2 Å². The first-order chi connectivity index (χ1) is 21.2. The molecule has 0 aliphatic heterocycles. The van der Waals surface area contributed by atoms with E-state index in [9.17, 15) is 29.0 Å². The molecule has 0 aromatic heterocycles. The molecule has 222 valence electrons. The topological polar surface area (TPSA) is 127 Å². The molecule has 44 heavy (non-hydrogen) atoms. The Balaban J connectivity index is 1.60. The summed E-state index contributed by atoms with van der Waals surface area (Å²) in [5.41, 5.74) is 4.03. The first-order valence-corrected chi connectivity index (χ1v) is 15.6. The normalized spacial score (nSPS) is 12.6. The van der Waals surface area contributed by atoms with Crippen LogP contribution in [0, 0.1) is 0 Å². The van der Waals surface area contributed by atoms with Crippen molar-refractivity contribution in [3.05, 3.63) is 156 Å². The van der Waals surface area contributed by atoms with Crippen LogP contribution in [0.5, 0.6) is 0 Å². The number of anilines is 2. The van der Waals surface area contributed by atoms with Gasteiger partial charge in [0.05, 0.1) is 5.56 Å². The van der Waals surface area contributed by atoms with Crippen molar-refractivity contribution in [2.24, 2.45) is 0 Å². The lowest BCUT2D eigenvalue weighted by molar-refractivity contribution is -0.117. The Morgan fingerprint density at radius 1 is 0.682 bits per heavy atom. The molecule has 0 heterocycles. The summed E-state index contributed by atoms with van der Waals surface area (Å²) in [6.07, 6.45) is 0.117. The van der Waals surface area contributed by atoms with Crippen molar-refractivity contribution in [3.8, 4) is 11.1 Å². The molecule has 8 nitrogen and oxygen atoms in total. The van der Waals surface area contributed by atoms with Gasteiger partial charge in [0.2, 0.25) is 5.91 Å². The summed E-state index contributed by atoms with van der Waals surface area (Å²) >= 11 is 0. The lowest BCUT2D eigenvalue weighted by atomic mass is 9.98. The molecule has 9 heteroatoms. The summed E-state index contributed by atoms with van der Waals surface area (Å²) in [6.45, 7) is 0. The quantitative estimate of drug-likeness (QED) is 0.119. The number of hydrogen-bond donors (Lipinski definition) is 4. The van der Waals surface area contributed by atoms with E-state index in [1.807, 2.05) is 54.6 Å². The molecule has 2 atom stereocenters. The van der Waals surface area contributed by atoms with Gasteiger partial charge in [-0.15, -0.1) is 0 Å². The SMILES string of the molecule is O=C(O)c1ccc(NC(=O)[C@H](Cc2ccc(-c3ccccc3)cc2)N(c2ccccc2)C(c2ccccc2)P(=O)(O)O)cc1. The standard InChI is InChI=1S/C35H31N2O6P/c38-33(36-30-22-20-29(21-23-30)35(39)40)32(24-25-16-18-27(19-17-25)26-10-4-1-5-11-26)37(31-14-8-3-9-15-31)34(44(41,42)43)28-12-6-2-7-13-28/h1-23,32,34H,24H2,(H,36,38)(H,39,40)(H2,41,42,43)/t32-,34?/m0/s1. The Kier molecular flexibility index (Phi) is 9.36. The smallest absolute Gasteiger partial charge is 0.352 e. The van der Waals surface area contributed by atoms with E-state index in [0.29, 0.717) is 16.9 Å². The van der Waals surface area contributed by atoms with Gasteiger partial charge in [0, 0.05) is 17.8 Å². The molecule has 5 aromatic rings. The van der Waals surface area contributed by atoms with Gasteiger partial charge >= 0.3 is 13.6 Å². The lowest BCUT2D eigenvalue weighted by Crippen LogP contribution is -2.47. The van der Waals surface area contributed by atoms with Crippen molar-refractivity contribution in [1.82, 2.24) is 0 Å². The number of carbonyl (C=O) groups is 2. The van der Waals surface area contributed by atoms with E-state index >= 15 is 0 Å². The number of para-hydroxylation sites is 1. The molecule has 0 aliphatic carbocycles. The van der Waals surface area contributed by atoms with Gasteiger partial charge < -0.3 is 25.1 Å². The molecule has 1 amide bonds. The summed E-state index contributed by atoms with van der Waals surface area (Å²) in [7, 11) is -4.88. The van der Waals surface area contributed by atoms with Crippen LogP contribution in [0.2, 0.25) is 0 Å². The van der Waals surface area contributed by atoms with Crippen LogP contribution in [0.1, 0.15) is 27.3 Å². The number of aromatic carboxylic acids is 1. The van der Waals surface area contributed by atoms with Crippen molar-refractivity contribution in [1.29, 1.82) is 0 Å². The molecule has 0 saturated carbocycles. The van der Waals surface area contributed by atoms with Crippen LogP contribution in [0.15, 0.2) is 140 Å². The van der Waals surface area contributed by atoms with Crippen molar-refractivity contribution in [3.63, 3.8) is 0 Å². The number of carboxylic acids is 1. The fourth-order valence-corrected chi connectivity index (χ4v) is 6.34. The van der Waals surface area contributed by atoms with Gasteiger partial charge in [-0.05, 0) is 58.7 Å². The second kappa shape index (κ2) is 13.5. The second-order valence-corrected chi connectivity index (χ2v) is 11.9. The van der Waals surface area contributed by atoms with Crippen LogP contribution in [0.4, 0.5) is 11.4 Å². The van der Waals surface area contributed by atoms with Gasteiger partial charge in [0.1, 0.15) is 6.04 Å². The third-order valence-corrected chi connectivity index (χ3v) is 8.45.